The summed E-state index contributed by atoms with van der Waals surface area (Å²) in [5, 5.41) is 43.0. The van der Waals surface area contributed by atoms with Crippen molar-refractivity contribution in [2.75, 3.05) is 6.61 Å². The van der Waals surface area contributed by atoms with Gasteiger partial charge in [-0.25, -0.2) is 13.9 Å². The maximum Gasteiger partial charge on any atom is 0.483 e. The molecule has 2 saturated heterocycles. The van der Waals surface area contributed by atoms with E-state index in [9.17, 15) is 53.7 Å². The standard InChI is InChI=1S/C17H27N3O16P2/c1-6-10(18-7(2)21)12(24)14(26)16(33-6)35-38(30,31)36-37(28,29)32-5-8-11(23)13(25)15(34-8)20-4-3-9(22)19-17(20)27/h3-4,6,8,10-16,23-26H,5H2,1-2H3,(H,18,21)(H,28,29)(H,30,31)(H,19,22,27). The van der Waals surface area contributed by atoms with Crippen LogP contribution in [0.3, 0.4) is 0 Å². The Labute approximate surface area is 212 Å². The van der Waals surface area contributed by atoms with Crippen molar-refractivity contribution in [1.29, 1.82) is 0 Å². The molecule has 3 heterocycles. The third kappa shape index (κ3) is 7.22. The molecule has 2 fully saturated rings. The van der Waals surface area contributed by atoms with E-state index in [0.717, 1.165) is 23.8 Å². The van der Waals surface area contributed by atoms with E-state index in [2.05, 4.69) is 18.7 Å². The highest BCUT2D eigenvalue weighted by Crippen LogP contribution is 2.61. The molecule has 0 aromatic carbocycles. The van der Waals surface area contributed by atoms with Crippen LogP contribution in [-0.2, 0) is 36.8 Å². The highest BCUT2D eigenvalue weighted by molar-refractivity contribution is 7.61. The zero-order valence-electron chi connectivity index (χ0n) is 19.7. The lowest BCUT2D eigenvalue weighted by Gasteiger charge is -2.41. The van der Waals surface area contributed by atoms with Gasteiger partial charge in [0.05, 0.1) is 18.8 Å². The van der Waals surface area contributed by atoms with Crippen molar-refractivity contribution < 1.29 is 67.0 Å². The van der Waals surface area contributed by atoms with Gasteiger partial charge >= 0.3 is 21.3 Å². The Morgan fingerprint density at radius 2 is 1.74 bits per heavy atom. The second-order valence-electron chi connectivity index (χ2n) is 8.40. The third-order valence-corrected chi connectivity index (χ3v) is 8.13. The molecule has 11 unspecified atom stereocenters. The molecule has 19 nitrogen and oxygen atoms in total. The number of nitrogens with one attached hydrogen (secondary N) is 2. The zero-order chi connectivity index (χ0) is 28.6. The number of carbonyl (C=O) groups excluding carboxylic acids is 1. The van der Waals surface area contributed by atoms with Gasteiger partial charge in [0, 0.05) is 19.2 Å². The molecule has 8 N–H and O–H groups in total. The molecule has 216 valence electrons. The predicted octanol–water partition coefficient (Wildman–Crippen LogP) is -3.62. The number of H-pyrrole nitrogens is 1. The van der Waals surface area contributed by atoms with Crippen molar-refractivity contribution in [3.8, 4) is 0 Å². The Kier molecular flexibility index (Phi) is 9.48. The average molecular weight is 591 g/mol. The van der Waals surface area contributed by atoms with Gasteiger partial charge in [-0.05, 0) is 6.92 Å². The fraction of sp³-hybridized carbons (Fsp3) is 0.706. The van der Waals surface area contributed by atoms with E-state index in [-0.39, 0.29) is 0 Å². The number of aliphatic hydroxyl groups excluding tert-OH is 4. The van der Waals surface area contributed by atoms with Crippen LogP contribution in [0.2, 0.25) is 0 Å². The highest BCUT2D eigenvalue weighted by Gasteiger charge is 2.49. The van der Waals surface area contributed by atoms with E-state index in [4.69, 9.17) is 9.47 Å². The quantitative estimate of drug-likeness (QED) is 0.129. The first-order valence-corrected chi connectivity index (χ1v) is 13.8. The number of phosphoric ester groups is 2. The molecule has 0 spiro atoms. The number of ether oxygens (including phenoxy) is 2. The summed E-state index contributed by atoms with van der Waals surface area (Å²) < 4.78 is 49.0. The minimum Gasteiger partial charge on any atom is -0.388 e. The van der Waals surface area contributed by atoms with Gasteiger partial charge in [-0.1, -0.05) is 0 Å². The third-order valence-electron chi connectivity index (χ3n) is 5.53. The molecule has 38 heavy (non-hydrogen) atoms. The number of amides is 1. The fourth-order valence-electron chi connectivity index (χ4n) is 3.75. The summed E-state index contributed by atoms with van der Waals surface area (Å²) >= 11 is 0. The van der Waals surface area contributed by atoms with Crippen LogP contribution in [0, 0.1) is 0 Å². The number of carbonyl (C=O) groups is 1. The van der Waals surface area contributed by atoms with Crippen molar-refractivity contribution in [1.82, 2.24) is 14.9 Å². The zero-order valence-corrected chi connectivity index (χ0v) is 21.5. The Morgan fingerprint density at radius 1 is 1.08 bits per heavy atom. The molecule has 21 heteroatoms. The smallest absolute Gasteiger partial charge is 0.388 e. The predicted molar refractivity (Wildman–Crippen MR) is 119 cm³/mol. The molecule has 2 aliphatic heterocycles. The van der Waals surface area contributed by atoms with Gasteiger partial charge in [-0.15, -0.1) is 0 Å². The lowest BCUT2D eigenvalue weighted by molar-refractivity contribution is -0.246. The van der Waals surface area contributed by atoms with Gasteiger partial charge in [0.2, 0.25) is 5.91 Å². The first-order chi connectivity index (χ1) is 17.5. The molecule has 0 radical (unpaired) electrons. The summed E-state index contributed by atoms with van der Waals surface area (Å²) in [5.74, 6) is -0.563. The van der Waals surface area contributed by atoms with Crippen LogP contribution in [-0.4, -0.2) is 101 Å². The molecule has 0 aliphatic carbocycles. The number of rotatable bonds is 9. The Bertz CT molecular complexity index is 1220. The molecule has 11 atom stereocenters. The van der Waals surface area contributed by atoms with Crippen molar-refractivity contribution in [3.05, 3.63) is 33.1 Å². The Hall–Kier alpha value is -1.83. The Morgan fingerprint density at radius 3 is 2.34 bits per heavy atom. The minimum atomic E-state index is -5.53. The van der Waals surface area contributed by atoms with Crippen molar-refractivity contribution >= 4 is 21.6 Å². The number of nitrogens with zero attached hydrogens (tertiary/aromatic N) is 1. The van der Waals surface area contributed by atoms with E-state index in [1.807, 2.05) is 4.98 Å². The van der Waals surface area contributed by atoms with E-state index >= 15 is 0 Å². The molecule has 2 aliphatic rings. The van der Waals surface area contributed by atoms with Gasteiger partial charge in [-0.3, -0.25) is 28.2 Å². The second-order valence-corrected chi connectivity index (χ2v) is 11.4. The Balaban J connectivity index is 1.60. The van der Waals surface area contributed by atoms with Crippen LogP contribution in [0.15, 0.2) is 21.9 Å². The average Bonchev–Trinajstić information content (AvgIpc) is 3.06. The normalized spacial score (nSPS) is 36.8. The van der Waals surface area contributed by atoms with Crippen molar-refractivity contribution in [2.24, 2.45) is 0 Å². The molecular weight excluding hydrogens is 564 g/mol. The number of aromatic amines is 1. The lowest BCUT2D eigenvalue weighted by Crippen LogP contribution is -2.62. The summed E-state index contributed by atoms with van der Waals surface area (Å²) in [6.45, 7) is 1.48. The van der Waals surface area contributed by atoms with Crippen LogP contribution in [0.4, 0.5) is 0 Å². The lowest BCUT2D eigenvalue weighted by atomic mass is 9.97. The maximum atomic E-state index is 12.3. The van der Waals surface area contributed by atoms with Crippen LogP contribution < -0.4 is 16.6 Å². The topological polar surface area (TPSA) is 286 Å². The van der Waals surface area contributed by atoms with Crippen molar-refractivity contribution in [2.45, 2.75) is 69.0 Å². The fourth-order valence-corrected chi connectivity index (χ4v) is 5.91. The number of phosphoric acid groups is 2. The second kappa shape index (κ2) is 11.7. The summed E-state index contributed by atoms with van der Waals surface area (Å²) in [5.41, 5.74) is -1.73. The van der Waals surface area contributed by atoms with Crippen LogP contribution in [0.25, 0.3) is 0 Å². The summed E-state index contributed by atoms with van der Waals surface area (Å²) in [7, 11) is -11.0. The number of aromatic nitrogens is 2. The monoisotopic (exact) mass is 591 g/mol. The molecule has 0 saturated carbocycles. The largest absolute Gasteiger partial charge is 0.483 e. The first-order valence-electron chi connectivity index (χ1n) is 10.8. The van der Waals surface area contributed by atoms with Gasteiger partial charge in [0.15, 0.2) is 12.5 Å². The van der Waals surface area contributed by atoms with E-state index in [1.54, 1.807) is 0 Å². The van der Waals surface area contributed by atoms with Gasteiger partial charge in [0.25, 0.3) is 5.56 Å². The van der Waals surface area contributed by atoms with E-state index < -0.39 is 94.6 Å². The number of hydrogen-bond donors (Lipinski definition) is 8. The molecular formula is C17H27N3O16P2. The molecule has 1 aromatic rings. The molecule has 3 rings (SSSR count). The van der Waals surface area contributed by atoms with Crippen LogP contribution in [0.5, 0.6) is 0 Å². The summed E-state index contributed by atoms with van der Waals surface area (Å²) in [4.78, 5) is 56.1. The van der Waals surface area contributed by atoms with Crippen LogP contribution >= 0.6 is 15.6 Å². The van der Waals surface area contributed by atoms with Crippen LogP contribution in [0.1, 0.15) is 20.1 Å². The summed E-state index contributed by atoms with van der Waals surface area (Å²) in [6.07, 6.45) is -12.4. The maximum absolute atomic E-state index is 12.3. The van der Waals surface area contributed by atoms with Gasteiger partial charge < -0.3 is 45.0 Å². The van der Waals surface area contributed by atoms with E-state index in [1.165, 1.54) is 6.92 Å². The number of hydrogen-bond acceptors (Lipinski definition) is 14. The van der Waals surface area contributed by atoms with Gasteiger partial charge in [-0.2, -0.15) is 4.31 Å². The first kappa shape index (κ1) is 30.7. The van der Waals surface area contributed by atoms with Crippen molar-refractivity contribution in [3.63, 3.8) is 0 Å². The highest BCUT2D eigenvalue weighted by atomic mass is 31.3. The minimum absolute atomic E-state index is 0.563. The summed E-state index contributed by atoms with van der Waals surface area (Å²) in [6, 6.07) is -0.174. The number of aliphatic hydroxyl groups is 4. The van der Waals surface area contributed by atoms with Gasteiger partial charge in [0.1, 0.15) is 30.5 Å². The molecule has 1 aromatic heterocycles. The van der Waals surface area contributed by atoms with E-state index in [0.29, 0.717) is 0 Å². The SMILES string of the molecule is CC(=O)NC1C(C)OC(OP(=O)(O)OP(=O)(O)OCC2OC(n3ccc(=O)[nH]c3=O)C(O)C2O)C(O)C1O. The molecule has 0 bridgehead atoms. The molecule has 1 amide bonds.